The maximum atomic E-state index is 7.38. The van der Waals surface area contributed by atoms with Gasteiger partial charge in [-0.1, -0.05) is 37.9 Å². The number of aromatic nitrogens is 4. The minimum absolute atomic E-state index is 0.328. The van der Waals surface area contributed by atoms with Crippen LogP contribution in [-0.2, 0) is 0 Å². The van der Waals surface area contributed by atoms with Crippen molar-refractivity contribution in [1.82, 2.24) is 19.5 Å². The fraction of sp³-hybridized carbons (Fsp3) is 0.429. The molecule has 0 radical (unpaired) electrons. The summed E-state index contributed by atoms with van der Waals surface area (Å²) >= 11 is 6.16. The quantitative estimate of drug-likeness (QED) is 0.517. The maximum absolute atomic E-state index is 7.38. The Morgan fingerprint density at radius 1 is 1.22 bits per heavy atom. The van der Waals surface area contributed by atoms with E-state index in [4.69, 9.17) is 18.2 Å². The van der Waals surface area contributed by atoms with Gasteiger partial charge >= 0.3 is 0 Å². The number of hydrogen-bond acceptors (Lipinski definition) is 3. The number of nitrogens with zero attached hydrogens (tertiary/aromatic N) is 5. The molecule has 0 aromatic carbocycles. The Morgan fingerprint density at radius 3 is 2.70 bits per heavy atom. The average Bonchev–Trinajstić information content (AvgIpc) is 3.11. The molecule has 0 saturated heterocycles. The first kappa shape index (κ1) is 17.9. The first-order valence-electron chi connectivity index (χ1n) is 9.42. The largest absolute Gasteiger partial charge is 0.361 e. The molecule has 1 atom stereocenters. The number of pyridine rings is 2. The minimum atomic E-state index is 0.328. The van der Waals surface area contributed by atoms with Crippen LogP contribution in [0.15, 0.2) is 30.9 Å². The Morgan fingerprint density at radius 2 is 2.00 bits per heavy atom. The van der Waals surface area contributed by atoms with E-state index >= 15 is 0 Å². The molecule has 0 N–H and O–H groups in total. The summed E-state index contributed by atoms with van der Waals surface area (Å²) in [7, 11) is 0. The summed E-state index contributed by atoms with van der Waals surface area (Å²) in [6.45, 7) is 12.0. The third kappa shape index (κ3) is 3.42. The van der Waals surface area contributed by atoms with Crippen LogP contribution in [0.2, 0.25) is 5.02 Å². The van der Waals surface area contributed by atoms with Crippen LogP contribution in [0.4, 0.5) is 5.82 Å². The lowest BCUT2D eigenvalue weighted by molar-refractivity contribution is 0.227. The summed E-state index contributed by atoms with van der Waals surface area (Å²) < 4.78 is 2.23. The van der Waals surface area contributed by atoms with E-state index in [2.05, 4.69) is 38.2 Å². The Labute approximate surface area is 164 Å². The molecule has 5 nitrogen and oxygen atoms in total. The van der Waals surface area contributed by atoms with Crippen LogP contribution in [0.3, 0.4) is 0 Å². The predicted octanol–water partition coefficient (Wildman–Crippen LogP) is 6.08. The second kappa shape index (κ2) is 7.28. The van der Waals surface area contributed by atoms with Gasteiger partial charge in [-0.15, -0.1) is 4.98 Å². The molecule has 4 rings (SSSR count). The maximum Gasteiger partial charge on any atom is 0.272 e. The normalized spacial score (nSPS) is 21.1. The van der Waals surface area contributed by atoms with Crippen molar-refractivity contribution in [1.29, 1.82) is 0 Å². The molecule has 0 bridgehead atoms. The van der Waals surface area contributed by atoms with Crippen molar-refractivity contribution in [2.75, 3.05) is 0 Å². The van der Waals surface area contributed by atoms with Gasteiger partial charge in [-0.25, -0.2) is 4.98 Å². The molecule has 27 heavy (non-hydrogen) atoms. The third-order valence-electron chi connectivity index (χ3n) is 5.81. The third-order valence-corrected chi connectivity index (χ3v) is 6.02. The molecule has 3 heterocycles. The molecule has 6 heteroatoms. The van der Waals surface area contributed by atoms with E-state index in [1.807, 2.05) is 12.4 Å². The molecule has 3 aromatic heterocycles. The number of imidazole rings is 1. The van der Waals surface area contributed by atoms with Crippen molar-refractivity contribution in [2.45, 2.75) is 45.6 Å². The van der Waals surface area contributed by atoms with Crippen LogP contribution >= 0.6 is 11.6 Å². The van der Waals surface area contributed by atoms with Crippen LogP contribution in [0.25, 0.3) is 27.1 Å². The van der Waals surface area contributed by atoms with E-state index in [0.717, 1.165) is 28.2 Å². The van der Waals surface area contributed by atoms with Crippen molar-refractivity contribution in [3.63, 3.8) is 0 Å². The molecule has 1 aliphatic carbocycles. The number of hydrogen-bond donors (Lipinski definition) is 0. The highest BCUT2D eigenvalue weighted by Gasteiger charge is 2.27. The molecule has 1 fully saturated rings. The lowest BCUT2D eigenvalue weighted by atomic mass is 9.79. The van der Waals surface area contributed by atoms with Gasteiger partial charge in [-0.2, -0.15) is 0 Å². The highest BCUT2D eigenvalue weighted by atomic mass is 35.5. The van der Waals surface area contributed by atoms with Gasteiger partial charge in [-0.05, 0) is 43.7 Å². The van der Waals surface area contributed by atoms with E-state index in [1.165, 1.54) is 25.7 Å². The van der Waals surface area contributed by atoms with Gasteiger partial charge < -0.3 is 9.41 Å². The topological polar surface area (TPSA) is 48.0 Å². The van der Waals surface area contributed by atoms with Crippen LogP contribution in [0.5, 0.6) is 0 Å². The minimum Gasteiger partial charge on any atom is -0.361 e. The molecular formula is C21H22ClN5. The van der Waals surface area contributed by atoms with E-state index in [0.29, 0.717) is 22.8 Å². The van der Waals surface area contributed by atoms with E-state index in [9.17, 15) is 0 Å². The van der Waals surface area contributed by atoms with Gasteiger partial charge in [0.05, 0.1) is 16.9 Å². The van der Waals surface area contributed by atoms with Gasteiger partial charge in [0.1, 0.15) is 5.52 Å². The summed E-state index contributed by atoms with van der Waals surface area (Å²) in [5, 5.41) is 0.552. The zero-order valence-corrected chi connectivity index (χ0v) is 16.3. The monoisotopic (exact) mass is 379 g/mol. The summed E-state index contributed by atoms with van der Waals surface area (Å²) in [5.41, 5.74) is 3.28. The molecule has 1 saturated carbocycles. The van der Waals surface area contributed by atoms with Crippen LogP contribution in [-0.4, -0.2) is 19.5 Å². The molecule has 3 aromatic rings. The van der Waals surface area contributed by atoms with Crippen LogP contribution < -0.4 is 0 Å². The smallest absolute Gasteiger partial charge is 0.272 e. The van der Waals surface area contributed by atoms with Gasteiger partial charge in [0, 0.05) is 24.0 Å². The SMILES string of the molecule is [C-]#[N+]c1cc2ncn(C(C)C3CCC(C)CC3)c2c(-c2cncc(Cl)c2)n1. The predicted molar refractivity (Wildman–Crippen MR) is 108 cm³/mol. The Hall–Kier alpha value is -2.45. The van der Waals surface area contributed by atoms with Crippen molar-refractivity contribution in [2.24, 2.45) is 11.8 Å². The number of fused-ring (bicyclic) bond motifs is 1. The fourth-order valence-electron chi connectivity index (χ4n) is 4.15. The van der Waals surface area contributed by atoms with Gasteiger partial charge in [-0.3, -0.25) is 4.98 Å². The molecule has 0 spiro atoms. The Bertz CT molecular complexity index is 1010. The molecule has 138 valence electrons. The summed E-state index contributed by atoms with van der Waals surface area (Å²) in [6.07, 6.45) is 10.3. The molecule has 0 aliphatic heterocycles. The first-order valence-corrected chi connectivity index (χ1v) is 9.80. The van der Waals surface area contributed by atoms with E-state index < -0.39 is 0 Å². The van der Waals surface area contributed by atoms with Gasteiger partial charge in [0.15, 0.2) is 5.69 Å². The van der Waals surface area contributed by atoms with Crippen molar-refractivity contribution < 1.29 is 0 Å². The van der Waals surface area contributed by atoms with Crippen molar-refractivity contribution in [3.05, 3.63) is 47.3 Å². The average molecular weight is 380 g/mol. The Kier molecular flexibility index (Phi) is 4.84. The highest BCUT2D eigenvalue weighted by Crippen LogP contribution is 2.38. The van der Waals surface area contributed by atoms with Crippen LogP contribution in [0.1, 0.15) is 45.6 Å². The van der Waals surface area contributed by atoms with Gasteiger partial charge in [0.25, 0.3) is 5.82 Å². The second-order valence-electron chi connectivity index (χ2n) is 7.61. The zero-order chi connectivity index (χ0) is 19.0. The summed E-state index contributed by atoms with van der Waals surface area (Å²) in [6, 6.07) is 3.93. The van der Waals surface area contributed by atoms with Crippen molar-refractivity contribution >= 4 is 28.5 Å². The van der Waals surface area contributed by atoms with E-state index in [1.54, 1.807) is 18.5 Å². The molecular weight excluding hydrogens is 358 g/mol. The first-order chi connectivity index (χ1) is 13.1. The highest BCUT2D eigenvalue weighted by molar-refractivity contribution is 6.30. The second-order valence-corrected chi connectivity index (χ2v) is 8.05. The standard InChI is InChI=1S/C21H22ClN5/c1-13-4-6-15(7-5-13)14(2)27-12-25-18-9-19(23-3)26-20(21(18)27)16-8-17(22)11-24-10-16/h8-15H,4-7H2,1-2H3. The number of rotatable bonds is 3. The number of halogens is 1. The summed E-state index contributed by atoms with van der Waals surface area (Å²) in [4.78, 5) is 16.9. The molecule has 0 amide bonds. The van der Waals surface area contributed by atoms with Crippen LogP contribution in [0, 0.1) is 18.4 Å². The zero-order valence-electron chi connectivity index (χ0n) is 15.6. The lowest BCUT2D eigenvalue weighted by Crippen LogP contribution is -2.21. The van der Waals surface area contributed by atoms with Gasteiger partial charge in [0.2, 0.25) is 0 Å². The lowest BCUT2D eigenvalue weighted by Gasteiger charge is -2.31. The Balaban J connectivity index is 1.84. The van der Waals surface area contributed by atoms with Crippen molar-refractivity contribution in [3.8, 4) is 11.3 Å². The fourth-order valence-corrected chi connectivity index (χ4v) is 4.32. The summed E-state index contributed by atoms with van der Waals surface area (Å²) in [5.74, 6) is 1.79. The molecule has 1 aliphatic rings. The van der Waals surface area contributed by atoms with E-state index in [-0.39, 0.29) is 0 Å². The molecule has 1 unspecified atom stereocenters.